The largest absolute Gasteiger partial charge is 0.480 e. The van der Waals surface area contributed by atoms with Crippen LogP contribution in [-0.2, 0) is 16.1 Å². The number of ether oxygens (including phenoxy) is 1. The molecule has 1 saturated carbocycles. The first-order chi connectivity index (χ1) is 11.0. The van der Waals surface area contributed by atoms with Crippen LogP contribution in [0.25, 0.3) is 0 Å². The van der Waals surface area contributed by atoms with E-state index in [0.29, 0.717) is 25.3 Å². The molecule has 1 aromatic carbocycles. The van der Waals surface area contributed by atoms with E-state index in [4.69, 9.17) is 4.74 Å². The van der Waals surface area contributed by atoms with Gasteiger partial charge in [-0.2, -0.15) is 0 Å². The number of amides is 1. The van der Waals surface area contributed by atoms with Crippen LogP contribution in [0.2, 0.25) is 0 Å². The van der Waals surface area contributed by atoms with E-state index in [2.05, 4.69) is 0 Å². The van der Waals surface area contributed by atoms with E-state index in [1.54, 1.807) is 6.92 Å². The van der Waals surface area contributed by atoms with Crippen molar-refractivity contribution in [1.82, 2.24) is 4.90 Å². The molecule has 23 heavy (non-hydrogen) atoms. The fourth-order valence-electron chi connectivity index (χ4n) is 2.76. The molecule has 1 atom stereocenters. The average molecular weight is 319 g/mol. The highest BCUT2D eigenvalue weighted by atomic mass is 16.6. The highest BCUT2D eigenvalue weighted by Crippen LogP contribution is 2.39. The molecule has 0 heterocycles. The first kappa shape index (κ1) is 17.3. The summed E-state index contributed by atoms with van der Waals surface area (Å²) < 4.78 is 5.36. The maximum atomic E-state index is 12.5. The molecule has 2 rings (SSSR count). The average Bonchev–Trinajstić information content (AvgIpc) is 3.34. The Labute approximate surface area is 137 Å². The van der Waals surface area contributed by atoms with Crippen molar-refractivity contribution >= 4 is 12.1 Å². The monoisotopic (exact) mass is 319 g/mol. The minimum Gasteiger partial charge on any atom is -0.480 e. The third kappa shape index (κ3) is 4.47. The zero-order valence-corrected chi connectivity index (χ0v) is 13.8. The molecule has 1 aromatic rings. The van der Waals surface area contributed by atoms with Gasteiger partial charge in [-0.15, -0.1) is 0 Å². The number of rotatable bonds is 8. The lowest BCUT2D eigenvalue weighted by Gasteiger charge is -2.37. The van der Waals surface area contributed by atoms with Gasteiger partial charge in [0, 0.05) is 6.54 Å². The molecule has 5 heteroatoms. The van der Waals surface area contributed by atoms with Crippen LogP contribution in [-0.4, -0.2) is 34.2 Å². The van der Waals surface area contributed by atoms with Crippen molar-refractivity contribution in [3.8, 4) is 0 Å². The Balaban J connectivity index is 2.08. The number of benzene rings is 1. The van der Waals surface area contributed by atoms with Crippen LogP contribution in [0.15, 0.2) is 30.3 Å². The van der Waals surface area contributed by atoms with Gasteiger partial charge in [-0.05, 0) is 31.2 Å². The minimum absolute atomic E-state index is 0.152. The summed E-state index contributed by atoms with van der Waals surface area (Å²) in [6.07, 6.45) is 2.71. The highest BCUT2D eigenvalue weighted by Gasteiger charge is 2.46. The number of aliphatic carboxylic acids is 1. The molecule has 1 aliphatic rings. The van der Waals surface area contributed by atoms with Gasteiger partial charge in [0.25, 0.3) is 0 Å². The van der Waals surface area contributed by atoms with Crippen molar-refractivity contribution < 1.29 is 19.4 Å². The number of nitrogens with zero attached hydrogens (tertiary/aromatic N) is 1. The summed E-state index contributed by atoms with van der Waals surface area (Å²) in [5.41, 5.74) is -0.318. The predicted molar refractivity (Wildman–Crippen MR) is 87.0 cm³/mol. The maximum Gasteiger partial charge on any atom is 0.411 e. The van der Waals surface area contributed by atoms with Gasteiger partial charge in [-0.1, -0.05) is 50.1 Å². The summed E-state index contributed by atoms with van der Waals surface area (Å²) in [5, 5.41) is 9.69. The summed E-state index contributed by atoms with van der Waals surface area (Å²) in [6.45, 7) is 4.09. The Kier molecular flexibility index (Phi) is 5.64. The second-order valence-electron chi connectivity index (χ2n) is 6.42. The Morgan fingerprint density at radius 2 is 1.96 bits per heavy atom. The van der Waals surface area contributed by atoms with Gasteiger partial charge in [0.15, 0.2) is 0 Å². The van der Waals surface area contributed by atoms with Crippen LogP contribution in [0, 0.1) is 5.92 Å². The lowest BCUT2D eigenvalue weighted by Crippen LogP contribution is -2.55. The second-order valence-corrected chi connectivity index (χ2v) is 6.42. The summed E-state index contributed by atoms with van der Waals surface area (Å²) >= 11 is 0. The van der Waals surface area contributed by atoms with Crippen LogP contribution in [0.5, 0.6) is 0 Å². The van der Waals surface area contributed by atoms with Crippen molar-refractivity contribution in [2.24, 2.45) is 5.92 Å². The highest BCUT2D eigenvalue weighted by molar-refractivity contribution is 5.84. The number of hydrogen-bond acceptors (Lipinski definition) is 3. The summed E-state index contributed by atoms with van der Waals surface area (Å²) in [6, 6.07) is 9.39. The van der Waals surface area contributed by atoms with E-state index < -0.39 is 17.6 Å². The Hall–Kier alpha value is -2.04. The van der Waals surface area contributed by atoms with Gasteiger partial charge < -0.3 is 9.84 Å². The van der Waals surface area contributed by atoms with Crippen molar-refractivity contribution in [2.45, 2.75) is 51.7 Å². The number of carbonyl (C=O) groups excluding carboxylic acids is 1. The third-order valence-electron chi connectivity index (χ3n) is 4.31. The first-order valence-electron chi connectivity index (χ1n) is 8.19. The molecular weight excluding hydrogens is 294 g/mol. The van der Waals surface area contributed by atoms with Crippen LogP contribution < -0.4 is 0 Å². The Morgan fingerprint density at radius 3 is 2.48 bits per heavy atom. The van der Waals surface area contributed by atoms with Gasteiger partial charge in [-0.25, -0.2) is 9.59 Å². The fraction of sp³-hybridized carbons (Fsp3) is 0.556. The van der Waals surface area contributed by atoms with Crippen molar-refractivity contribution in [3.63, 3.8) is 0 Å². The number of carboxylic acid groups (broad SMARTS) is 1. The van der Waals surface area contributed by atoms with Crippen LogP contribution >= 0.6 is 0 Å². The molecule has 0 spiro atoms. The smallest absolute Gasteiger partial charge is 0.411 e. The van der Waals surface area contributed by atoms with Gasteiger partial charge in [0.2, 0.25) is 0 Å². The van der Waals surface area contributed by atoms with E-state index in [-0.39, 0.29) is 6.61 Å². The van der Waals surface area contributed by atoms with Gasteiger partial charge in [0.1, 0.15) is 12.1 Å². The van der Waals surface area contributed by atoms with Gasteiger partial charge in [0.05, 0.1) is 0 Å². The minimum atomic E-state index is -1.20. The summed E-state index contributed by atoms with van der Waals surface area (Å²) in [5.74, 6) is -0.563. The van der Waals surface area contributed by atoms with E-state index in [9.17, 15) is 14.7 Å². The zero-order chi connectivity index (χ0) is 16.9. The van der Waals surface area contributed by atoms with E-state index in [1.807, 2.05) is 37.3 Å². The molecule has 0 aliphatic heterocycles. The second kappa shape index (κ2) is 7.49. The predicted octanol–water partition coefficient (Wildman–Crippen LogP) is 3.68. The quantitative estimate of drug-likeness (QED) is 0.793. The molecule has 0 saturated heterocycles. The molecular formula is C18H25NO4. The lowest BCUT2D eigenvalue weighted by molar-refractivity contribution is -0.150. The summed E-state index contributed by atoms with van der Waals surface area (Å²) in [4.78, 5) is 25.7. The van der Waals surface area contributed by atoms with Crippen LogP contribution in [0.4, 0.5) is 4.79 Å². The molecule has 0 radical (unpaired) electrons. The third-order valence-corrected chi connectivity index (χ3v) is 4.31. The standard InChI is InChI=1S/C18H25NO4/c1-3-11-19(18(2,16(20)21)12-14-9-10-14)17(22)23-13-15-7-5-4-6-8-15/h4-8,14H,3,9-13H2,1-2H3,(H,20,21). The Bertz CT molecular complexity index is 541. The number of hydrogen-bond donors (Lipinski definition) is 1. The van der Waals surface area contributed by atoms with Gasteiger partial charge in [-0.3, -0.25) is 4.90 Å². The SMILES string of the molecule is CCCN(C(=O)OCc1ccccc1)C(C)(CC1CC1)C(=O)O. The van der Waals surface area contributed by atoms with E-state index in [1.165, 1.54) is 4.90 Å². The van der Waals surface area contributed by atoms with E-state index in [0.717, 1.165) is 18.4 Å². The van der Waals surface area contributed by atoms with Gasteiger partial charge >= 0.3 is 12.1 Å². The topological polar surface area (TPSA) is 66.8 Å². The molecule has 1 aliphatic carbocycles. The fourth-order valence-corrected chi connectivity index (χ4v) is 2.76. The molecule has 126 valence electrons. The number of carboxylic acids is 1. The number of carbonyl (C=O) groups is 2. The molecule has 1 fully saturated rings. The molecule has 1 amide bonds. The maximum absolute atomic E-state index is 12.5. The summed E-state index contributed by atoms with van der Waals surface area (Å²) in [7, 11) is 0. The normalized spacial score (nSPS) is 16.4. The lowest BCUT2D eigenvalue weighted by atomic mass is 9.92. The molecule has 5 nitrogen and oxygen atoms in total. The first-order valence-corrected chi connectivity index (χ1v) is 8.19. The van der Waals surface area contributed by atoms with E-state index >= 15 is 0 Å². The molecule has 0 bridgehead atoms. The van der Waals surface area contributed by atoms with Crippen LogP contribution in [0.3, 0.4) is 0 Å². The molecule has 0 aromatic heterocycles. The van der Waals surface area contributed by atoms with Crippen molar-refractivity contribution in [1.29, 1.82) is 0 Å². The molecule has 1 N–H and O–H groups in total. The molecule has 1 unspecified atom stereocenters. The van der Waals surface area contributed by atoms with Crippen molar-refractivity contribution in [2.75, 3.05) is 6.54 Å². The van der Waals surface area contributed by atoms with Crippen LogP contribution in [0.1, 0.15) is 45.1 Å². The zero-order valence-electron chi connectivity index (χ0n) is 13.8. The van der Waals surface area contributed by atoms with Crippen molar-refractivity contribution in [3.05, 3.63) is 35.9 Å². The Morgan fingerprint density at radius 1 is 1.30 bits per heavy atom.